The molecule has 142 valence electrons. The van der Waals surface area contributed by atoms with Crippen LogP contribution in [0, 0.1) is 0 Å². The van der Waals surface area contributed by atoms with Crippen molar-refractivity contribution in [2.24, 2.45) is 0 Å². The number of rotatable bonds is 4. The minimum atomic E-state index is 0.0292. The van der Waals surface area contributed by atoms with Crippen LogP contribution in [0.4, 0.5) is 0 Å². The number of methoxy groups -OCH3 is 1. The van der Waals surface area contributed by atoms with Gasteiger partial charge in [0.1, 0.15) is 5.75 Å². The number of carbonyl (C=O) groups is 1. The van der Waals surface area contributed by atoms with Gasteiger partial charge in [0.2, 0.25) is 0 Å². The molecule has 1 fully saturated rings. The summed E-state index contributed by atoms with van der Waals surface area (Å²) in [5.74, 6) is 0.738. The van der Waals surface area contributed by atoms with Crippen LogP contribution in [-0.2, 0) is 0 Å². The van der Waals surface area contributed by atoms with E-state index in [4.69, 9.17) is 4.74 Å². The highest BCUT2D eigenvalue weighted by Crippen LogP contribution is 2.33. The van der Waals surface area contributed by atoms with Crippen molar-refractivity contribution in [1.82, 2.24) is 14.9 Å². The molecule has 5 nitrogen and oxygen atoms in total. The summed E-state index contributed by atoms with van der Waals surface area (Å²) in [6, 6.07) is 15.5. The largest absolute Gasteiger partial charge is 0.494 e. The van der Waals surface area contributed by atoms with Crippen molar-refractivity contribution in [2.45, 2.75) is 25.3 Å². The van der Waals surface area contributed by atoms with Crippen LogP contribution >= 0.6 is 0 Å². The van der Waals surface area contributed by atoms with Gasteiger partial charge < -0.3 is 9.64 Å². The summed E-state index contributed by atoms with van der Waals surface area (Å²) in [6.45, 7) is 0.753. The maximum atomic E-state index is 13.4. The lowest BCUT2D eigenvalue weighted by Crippen LogP contribution is -2.38. The number of pyridine rings is 2. The monoisotopic (exact) mass is 373 g/mol. The second kappa shape index (κ2) is 8.21. The molecule has 4 rings (SSSR count). The number of hydrogen-bond acceptors (Lipinski definition) is 4. The first-order valence-corrected chi connectivity index (χ1v) is 9.58. The zero-order valence-electron chi connectivity index (χ0n) is 15.9. The van der Waals surface area contributed by atoms with Crippen LogP contribution in [-0.4, -0.2) is 34.4 Å². The fourth-order valence-electron chi connectivity index (χ4n) is 3.82. The first-order valence-electron chi connectivity index (χ1n) is 9.58. The molecule has 1 aliphatic heterocycles. The number of carbonyl (C=O) groups excluding carboxylic acids is 1. The van der Waals surface area contributed by atoms with Gasteiger partial charge in [0.05, 0.1) is 25.0 Å². The molecule has 0 saturated carbocycles. The molecule has 0 radical (unpaired) electrons. The Bertz CT molecular complexity index is 959. The van der Waals surface area contributed by atoms with Crippen molar-refractivity contribution >= 4 is 5.91 Å². The topological polar surface area (TPSA) is 55.3 Å². The molecule has 28 heavy (non-hydrogen) atoms. The molecule has 1 aromatic carbocycles. The van der Waals surface area contributed by atoms with Crippen molar-refractivity contribution in [1.29, 1.82) is 0 Å². The van der Waals surface area contributed by atoms with Crippen LogP contribution in [0.25, 0.3) is 11.1 Å². The van der Waals surface area contributed by atoms with Crippen molar-refractivity contribution in [3.05, 3.63) is 78.4 Å². The lowest BCUT2D eigenvalue weighted by atomic mass is 9.96. The van der Waals surface area contributed by atoms with E-state index >= 15 is 0 Å². The van der Waals surface area contributed by atoms with Gasteiger partial charge in [-0.1, -0.05) is 18.2 Å². The summed E-state index contributed by atoms with van der Waals surface area (Å²) in [5.41, 5.74) is 3.50. The number of ether oxygens (including phenoxy) is 1. The number of benzene rings is 1. The summed E-state index contributed by atoms with van der Waals surface area (Å²) in [7, 11) is 1.63. The van der Waals surface area contributed by atoms with Crippen molar-refractivity contribution in [2.75, 3.05) is 13.7 Å². The summed E-state index contributed by atoms with van der Waals surface area (Å²) >= 11 is 0. The molecular weight excluding hydrogens is 350 g/mol. The number of aromatic nitrogens is 2. The van der Waals surface area contributed by atoms with Gasteiger partial charge in [0.15, 0.2) is 0 Å². The Hall–Kier alpha value is -3.21. The molecule has 5 heteroatoms. The number of hydrogen-bond donors (Lipinski definition) is 0. The number of likely N-dealkylation sites (tertiary alicyclic amines) is 1. The zero-order valence-corrected chi connectivity index (χ0v) is 15.9. The quantitative estimate of drug-likeness (QED) is 0.675. The van der Waals surface area contributed by atoms with Gasteiger partial charge in [-0.3, -0.25) is 14.8 Å². The van der Waals surface area contributed by atoms with E-state index in [1.165, 1.54) is 0 Å². The minimum absolute atomic E-state index is 0.0292. The van der Waals surface area contributed by atoms with Crippen LogP contribution in [0.1, 0.15) is 41.4 Å². The fraction of sp³-hybridized carbons (Fsp3) is 0.261. The van der Waals surface area contributed by atoms with Gasteiger partial charge in [-0.15, -0.1) is 0 Å². The Kier molecular flexibility index (Phi) is 5.33. The van der Waals surface area contributed by atoms with Crippen LogP contribution < -0.4 is 4.74 Å². The molecule has 1 aliphatic rings. The normalized spacial score (nSPS) is 16.6. The third-order valence-electron chi connectivity index (χ3n) is 5.22. The molecular formula is C23H23N3O2. The van der Waals surface area contributed by atoms with E-state index in [2.05, 4.69) is 9.97 Å². The third-order valence-corrected chi connectivity index (χ3v) is 5.22. The summed E-state index contributed by atoms with van der Waals surface area (Å²) in [6.07, 6.45) is 8.29. The highest BCUT2D eigenvalue weighted by Gasteiger charge is 2.29. The Labute approximate surface area is 165 Å². The summed E-state index contributed by atoms with van der Waals surface area (Å²) in [4.78, 5) is 24.0. The molecule has 0 bridgehead atoms. The number of amides is 1. The molecule has 3 aromatic rings. The average molecular weight is 373 g/mol. The predicted molar refractivity (Wildman–Crippen MR) is 108 cm³/mol. The van der Waals surface area contributed by atoms with E-state index in [9.17, 15) is 4.79 Å². The van der Waals surface area contributed by atoms with Gasteiger partial charge in [-0.05, 0) is 55.2 Å². The molecule has 0 spiro atoms. The van der Waals surface area contributed by atoms with Crippen molar-refractivity contribution in [3.8, 4) is 16.9 Å². The molecule has 1 unspecified atom stereocenters. The van der Waals surface area contributed by atoms with Gasteiger partial charge in [-0.25, -0.2) is 0 Å². The first-order chi connectivity index (χ1) is 13.8. The van der Waals surface area contributed by atoms with E-state index in [1.54, 1.807) is 25.7 Å². The average Bonchev–Trinajstić information content (AvgIpc) is 2.79. The maximum absolute atomic E-state index is 13.4. The third kappa shape index (κ3) is 3.60. The van der Waals surface area contributed by atoms with E-state index in [-0.39, 0.29) is 11.9 Å². The maximum Gasteiger partial charge on any atom is 0.254 e. The smallest absolute Gasteiger partial charge is 0.254 e. The summed E-state index contributed by atoms with van der Waals surface area (Å²) < 4.78 is 5.43. The van der Waals surface area contributed by atoms with Crippen LogP contribution in [0.3, 0.4) is 0 Å². The molecule has 2 aromatic heterocycles. The lowest BCUT2D eigenvalue weighted by molar-refractivity contribution is 0.0606. The van der Waals surface area contributed by atoms with E-state index < -0.39 is 0 Å². The molecule has 0 N–H and O–H groups in total. The molecule has 3 heterocycles. The van der Waals surface area contributed by atoms with E-state index in [1.807, 2.05) is 53.4 Å². The van der Waals surface area contributed by atoms with Crippen molar-refractivity contribution < 1.29 is 9.53 Å². The zero-order chi connectivity index (χ0) is 19.3. The van der Waals surface area contributed by atoms with Gasteiger partial charge >= 0.3 is 0 Å². The van der Waals surface area contributed by atoms with Gasteiger partial charge in [0.25, 0.3) is 5.91 Å². The predicted octanol–water partition coefficient (Wildman–Crippen LogP) is 4.52. The number of nitrogens with zero attached hydrogens (tertiary/aromatic N) is 3. The second-order valence-corrected chi connectivity index (χ2v) is 6.92. The molecule has 0 aliphatic carbocycles. The Balaban J connectivity index is 1.66. The second-order valence-electron chi connectivity index (χ2n) is 6.92. The van der Waals surface area contributed by atoms with Gasteiger partial charge in [-0.2, -0.15) is 0 Å². The fourth-order valence-corrected chi connectivity index (χ4v) is 3.82. The number of piperidine rings is 1. The van der Waals surface area contributed by atoms with Gasteiger partial charge in [0, 0.05) is 30.1 Å². The van der Waals surface area contributed by atoms with E-state index in [0.717, 1.165) is 42.6 Å². The Morgan fingerprint density at radius 2 is 2.04 bits per heavy atom. The molecule has 1 saturated heterocycles. The van der Waals surface area contributed by atoms with Crippen LogP contribution in [0.15, 0.2) is 67.1 Å². The highest BCUT2D eigenvalue weighted by atomic mass is 16.5. The van der Waals surface area contributed by atoms with E-state index in [0.29, 0.717) is 11.3 Å². The highest BCUT2D eigenvalue weighted by molar-refractivity contribution is 5.96. The summed E-state index contributed by atoms with van der Waals surface area (Å²) in [5, 5.41) is 0. The first kappa shape index (κ1) is 18.2. The van der Waals surface area contributed by atoms with Crippen molar-refractivity contribution in [3.63, 3.8) is 0 Å². The van der Waals surface area contributed by atoms with Crippen LogP contribution in [0.5, 0.6) is 5.75 Å². The minimum Gasteiger partial charge on any atom is -0.494 e. The SMILES string of the molecule is COc1cnccc1-c1cccc(C(=O)N2CCCCC2c2ccccn2)c1. The molecule has 1 atom stereocenters. The lowest BCUT2D eigenvalue weighted by Gasteiger charge is -2.35. The van der Waals surface area contributed by atoms with Crippen LogP contribution in [0.2, 0.25) is 0 Å². The Morgan fingerprint density at radius 1 is 1.11 bits per heavy atom. The Morgan fingerprint density at radius 3 is 2.86 bits per heavy atom. The molecule has 1 amide bonds. The standard InChI is InChI=1S/C23H23N3O2/c1-28-22-16-24-13-11-19(22)17-7-6-8-18(15-17)23(27)26-14-5-3-10-21(26)20-9-2-4-12-25-20/h2,4,6-9,11-13,15-16,21H,3,5,10,14H2,1H3.